The van der Waals surface area contributed by atoms with Gasteiger partial charge in [-0.1, -0.05) is 48.5 Å². The van der Waals surface area contributed by atoms with Gasteiger partial charge in [-0.15, -0.1) is 22.7 Å². The molecule has 0 saturated heterocycles. The smallest absolute Gasteiger partial charge is 0.196 e. The number of aromatic hydroxyl groups is 1. The molecule has 4 aromatic rings. The van der Waals surface area contributed by atoms with Gasteiger partial charge in [0.25, 0.3) is 0 Å². The van der Waals surface area contributed by atoms with Gasteiger partial charge in [-0.3, -0.25) is 0 Å². The number of phenolic OH excluding ortho intramolecular Hbond substituents is 1. The molecule has 0 aliphatic rings. The Bertz CT molecular complexity index is 1060. The summed E-state index contributed by atoms with van der Waals surface area (Å²) in [4.78, 5) is 7.11. The first-order valence-corrected chi connectivity index (χ1v) is 11.0. The molecule has 146 valence electrons. The summed E-state index contributed by atoms with van der Waals surface area (Å²) >= 11 is 3.38. The molecular weight excluding hydrogens is 398 g/mol. The molecule has 4 rings (SSSR count). The Morgan fingerprint density at radius 3 is 2.31 bits per heavy atom. The minimum atomic E-state index is 0.187. The van der Waals surface area contributed by atoms with Gasteiger partial charge in [0.15, 0.2) is 5.96 Å². The van der Waals surface area contributed by atoms with Crippen LogP contribution in [0.15, 0.2) is 88.5 Å². The van der Waals surface area contributed by atoms with Crippen LogP contribution in [-0.4, -0.2) is 11.1 Å². The molecule has 0 spiro atoms. The van der Waals surface area contributed by atoms with Gasteiger partial charge in [0, 0.05) is 9.75 Å². The van der Waals surface area contributed by atoms with Crippen molar-refractivity contribution in [1.82, 2.24) is 5.32 Å². The molecule has 0 saturated carbocycles. The van der Waals surface area contributed by atoms with Crippen LogP contribution in [0.4, 0.5) is 5.69 Å². The summed E-state index contributed by atoms with van der Waals surface area (Å²) in [5, 5.41) is 21.1. The van der Waals surface area contributed by atoms with Crippen LogP contribution in [0.25, 0.3) is 11.1 Å². The minimum absolute atomic E-state index is 0.187. The van der Waals surface area contributed by atoms with E-state index in [2.05, 4.69) is 40.3 Å². The molecule has 29 heavy (non-hydrogen) atoms. The van der Waals surface area contributed by atoms with E-state index in [4.69, 9.17) is 4.99 Å². The highest BCUT2D eigenvalue weighted by Crippen LogP contribution is 2.29. The molecule has 0 bridgehead atoms. The SMILES string of the molecule is Oc1ccc(-c2ccccc2)cc1NC(=NCc1cccs1)NCc1cccs1. The minimum Gasteiger partial charge on any atom is -0.506 e. The molecule has 0 aliphatic carbocycles. The highest BCUT2D eigenvalue weighted by atomic mass is 32.1. The van der Waals surface area contributed by atoms with Crippen LogP contribution in [0.1, 0.15) is 9.75 Å². The number of guanidine groups is 1. The highest BCUT2D eigenvalue weighted by molar-refractivity contribution is 7.10. The summed E-state index contributed by atoms with van der Waals surface area (Å²) in [6.45, 7) is 1.25. The molecule has 2 heterocycles. The zero-order valence-corrected chi connectivity index (χ0v) is 17.3. The first-order valence-electron chi connectivity index (χ1n) is 9.26. The van der Waals surface area contributed by atoms with E-state index in [1.165, 1.54) is 9.75 Å². The van der Waals surface area contributed by atoms with Crippen molar-refractivity contribution >= 4 is 34.3 Å². The van der Waals surface area contributed by atoms with Crippen LogP contribution < -0.4 is 10.6 Å². The molecular formula is C23H21N3OS2. The summed E-state index contributed by atoms with van der Waals surface area (Å²) in [5.74, 6) is 0.818. The standard InChI is InChI=1S/C23H21N3OS2/c27-22-11-10-18(17-6-2-1-3-7-17)14-21(22)26-23(24-15-19-8-4-12-28-19)25-16-20-9-5-13-29-20/h1-14,27H,15-16H2,(H2,24,25,26). The Hall–Kier alpha value is -3.09. The van der Waals surface area contributed by atoms with Crippen molar-refractivity contribution in [1.29, 1.82) is 0 Å². The Kier molecular flexibility index (Phi) is 6.24. The summed E-state index contributed by atoms with van der Waals surface area (Å²) in [7, 11) is 0. The van der Waals surface area contributed by atoms with E-state index >= 15 is 0 Å². The number of hydrogen-bond donors (Lipinski definition) is 3. The van der Waals surface area contributed by atoms with Crippen LogP contribution >= 0.6 is 22.7 Å². The zero-order valence-electron chi connectivity index (χ0n) is 15.7. The maximum Gasteiger partial charge on any atom is 0.196 e. The third-order valence-corrected chi connectivity index (χ3v) is 6.08. The quantitative estimate of drug-likeness (QED) is 0.206. The topological polar surface area (TPSA) is 56.6 Å². The summed E-state index contributed by atoms with van der Waals surface area (Å²) in [6, 6.07) is 23.9. The van der Waals surface area contributed by atoms with Gasteiger partial charge < -0.3 is 15.7 Å². The third kappa shape index (κ3) is 5.25. The van der Waals surface area contributed by atoms with Crippen molar-refractivity contribution in [3.8, 4) is 16.9 Å². The van der Waals surface area contributed by atoms with Crippen molar-refractivity contribution in [3.05, 3.63) is 93.3 Å². The molecule has 3 N–H and O–H groups in total. The number of rotatable bonds is 6. The van der Waals surface area contributed by atoms with Crippen molar-refractivity contribution in [2.24, 2.45) is 4.99 Å². The number of aliphatic imine (C=N–C) groups is 1. The molecule has 0 unspecified atom stereocenters. The number of nitrogens with zero attached hydrogens (tertiary/aromatic N) is 1. The Morgan fingerprint density at radius 2 is 1.59 bits per heavy atom. The molecule has 0 atom stereocenters. The van der Waals surface area contributed by atoms with Crippen molar-refractivity contribution < 1.29 is 5.11 Å². The number of anilines is 1. The second-order valence-electron chi connectivity index (χ2n) is 6.40. The Labute approximate surface area is 178 Å². The van der Waals surface area contributed by atoms with E-state index in [1.54, 1.807) is 28.7 Å². The van der Waals surface area contributed by atoms with Gasteiger partial charge in [-0.2, -0.15) is 0 Å². The second-order valence-corrected chi connectivity index (χ2v) is 8.46. The van der Waals surface area contributed by atoms with Gasteiger partial charge in [-0.25, -0.2) is 4.99 Å². The molecule has 0 amide bonds. The molecule has 6 heteroatoms. The lowest BCUT2D eigenvalue weighted by molar-refractivity contribution is 0.478. The third-order valence-electron chi connectivity index (χ3n) is 4.34. The molecule has 2 aromatic carbocycles. The maximum atomic E-state index is 10.4. The second kappa shape index (κ2) is 9.41. The monoisotopic (exact) mass is 419 g/mol. The molecule has 0 radical (unpaired) electrons. The Balaban J connectivity index is 1.56. The largest absolute Gasteiger partial charge is 0.506 e. The zero-order chi connectivity index (χ0) is 19.9. The fourth-order valence-electron chi connectivity index (χ4n) is 2.86. The summed E-state index contributed by atoms with van der Waals surface area (Å²) in [5.41, 5.74) is 2.75. The lowest BCUT2D eigenvalue weighted by Gasteiger charge is -2.14. The van der Waals surface area contributed by atoms with Gasteiger partial charge in [0.05, 0.1) is 18.8 Å². The maximum absolute atomic E-state index is 10.4. The van der Waals surface area contributed by atoms with Crippen molar-refractivity contribution in [2.75, 3.05) is 5.32 Å². The predicted octanol–water partition coefficient (Wildman–Crippen LogP) is 5.94. The van der Waals surface area contributed by atoms with E-state index in [-0.39, 0.29) is 5.75 Å². The van der Waals surface area contributed by atoms with Crippen LogP contribution in [0.2, 0.25) is 0 Å². The van der Waals surface area contributed by atoms with E-state index in [0.29, 0.717) is 24.7 Å². The normalized spacial score (nSPS) is 11.4. The average molecular weight is 420 g/mol. The molecule has 0 fully saturated rings. The number of benzene rings is 2. The van der Waals surface area contributed by atoms with E-state index in [1.807, 2.05) is 47.8 Å². The fourth-order valence-corrected chi connectivity index (χ4v) is 4.13. The van der Waals surface area contributed by atoms with Gasteiger partial charge >= 0.3 is 0 Å². The first kappa shape index (κ1) is 19.2. The molecule has 2 aromatic heterocycles. The van der Waals surface area contributed by atoms with Crippen molar-refractivity contribution in [2.45, 2.75) is 13.1 Å². The lowest BCUT2D eigenvalue weighted by atomic mass is 10.0. The van der Waals surface area contributed by atoms with Crippen LogP contribution in [-0.2, 0) is 13.1 Å². The van der Waals surface area contributed by atoms with Crippen LogP contribution in [0, 0.1) is 0 Å². The summed E-state index contributed by atoms with van der Waals surface area (Å²) in [6.07, 6.45) is 0. The van der Waals surface area contributed by atoms with Gasteiger partial charge in [-0.05, 0) is 46.2 Å². The number of nitrogens with one attached hydrogen (secondary N) is 2. The van der Waals surface area contributed by atoms with E-state index in [9.17, 15) is 5.11 Å². The van der Waals surface area contributed by atoms with E-state index in [0.717, 1.165) is 11.1 Å². The first-order chi connectivity index (χ1) is 14.3. The molecule has 0 aliphatic heterocycles. The number of phenols is 1. The lowest BCUT2D eigenvalue weighted by Crippen LogP contribution is -2.30. The van der Waals surface area contributed by atoms with E-state index < -0.39 is 0 Å². The molecule has 4 nitrogen and oxygen atoms in total. The predicted molar refractivity (Wildman–Crippen MR) is 124 cm³/mol. The Morgan fingerprint density at radius 1 is 0.828 bits per heavy atom. The highest BCUT2D eigenvalue weighted by Gasteiger charge is 2.08. The van der Waals surface area contributed by atoms with Crippen LogP contribution in [0.3, 0.4) is 0 Å². The fraction of sp³-hybridized carbons (Fsp3) is 0.0870. The average Bonchev–Trinajstić information content (AvgIpc) is 3.46. The summed E-state index contributed by atoms with van der Waals surface area (Å²) < 4.78 is 0. The van der Waals surface area contributed by atoms with Gasteiger partial charge in [0.1, 0.15) is 5.75 Å². The number of hydrogen-bond acceptors (Lipinski definition) is 4. The van der Waals surface area contributed by atoms with Crippen molar-refractivity contribution in [3.63, 3.8) is 0 Å². The van der Waals surface area contributed by atoms with Crippen LogP contribution in [0.5, 0.6) is 5.75 Å². The number of thiophene rings is 2. The van der Waals surface area contributed by atoms with Gasteiger partial charge in [0.2, 0.25) is 0 Å².